The quantitative estimate of drug-likeness (QED) is 0.910. The first-order valence-electron chi connectivity index (χ1n) is 7.58. The highest BCUT2D eigenvalue weighted by molar-refractivity contribution is 7.90. The normalized spacial score (nSPS) is 20.2. The molecule has 4 nitrogen and oxygen atoms in total. The molecule has 0 bridgehead atoms. The Morgan fingerprint density at radius 2 is 1.64 bits per heavy atom. The van der Waals surface area contributed by atoms with Crippen LogP contribution in [0.3, 0.4) is 0 Å². The Kier molecular flexibility index (Phi) is 6.86. The van der Waals surface area contributed by atoms with Crippen molar-refractivity contribution < 1.29 is 8.42 Å². The van der Waals surface area contributed by atoms with Gasteiger partial charge in [0.25, 0.3) is 0 Å². The van der Waals surface area contributed by atoms with Gasteiger partial charge in [-0.1, -0.05) is 12.1 Å². The highest BCUT2D eigenvalue weighted by atomic mass is 35.5. The van der Waals surface area contributed by atoms with Crippen molar-refractivity contribution in [3.05, 3.63) is 29.8 Å². The van der Waals surface area contributed by atoms with Crippen molar-refractivity contribution in [2.24, 2.45) is 11.7 Å². The van der Waals surface area contributed by atoms with Gasteiger partial charge in [-0.3, -0.25) is 4.90 Å². The number of rotatable bonds is 4. The molecule has 1 aliphatic heterocycles. The molecule has 2 rings (SSSR count). The zero-order valence-electron chi connectivity index (χ0n) is 13.5. The predicted octanol–water partition coefficient (Wildman–Crippen LogP) is 2.63. The molecule has 0 saturated carbocycles. The van der Waals surface area contributed by atoms with Crippen LogP contribution < -0.4 is 5.73 Å². The lowest BCUT2D eigenvalue weighted by atomic mass is 9.90. The van der Waals surface area contributed by atoms with Crippen LogP contribution in [0.15, 0.2) is 29.2 Å². The molecule has 1 fully saturated rings. The van der Waals surface area contributed by atoms with Crippen LogP contribution >= 0.6 is 12.4 Å². The molecule has 2 atom stereocenters. The lowest BCUT2D eigenvalue weighted by Crippen LogP contribution is -2.40. The lowest BCUT2D eigenvalue weighted by Gasteiger charge is -2.37. The number of piperidine rings is 1. The Balaban J connectivity index is 0.00000242. The smallest absolute Gasteiger partial charge is 0.175 e. The first-order chi connectivity index (χ1) is 9.79. The molecule has 0 aromatic heterocycles. The van der Waals surface area contributed by atoms with Crippen molar-refractivity contribution in [3.63, 3.8) is 0 Å². The minimum Gasteiger partial charge on any atom is -0.328 e. The van der Waals surface area contributed by atoms with E-state index in [0.29, 0.717) is 16.9 Å². The van der Waals surface area contributed by atoms with Crippen LogP contribution in [-0.4, -0.2) is 38.7 Å². The highest BCUT2D eigenvalue weighted by Gasteiger charge is 2.25. The molecule has 0 radical (unpaired) electrons. The number of sulfone groups is 1. The fourth-order valence-corrected chi connectivity index (χ4v) is 3.67. The number of hydrogen-bond acceptors (Lipinski definition) is 4. The first-order valence-corrected chi connectivity index (χ1v) is 9.48. The van der Waals surface area contributed by atoms with Crippen molar-refractivity contribution in [1.29, 1.82) is 0 Å². The van der Waals surface area contributed by atoms with Gasteiger partial charge in [0.2, 0.25) is 0 Å². The summed E-state index contributed by atoms with van der Waals surface area (Å²) in [5, 5.41) is 0. The summed E-state index contributed by atoms with van der Waals surface area (Å²) in [6.07, 6.45) is 3.52. The Hall–Kier alpha value is -0.620. The largest absolute Gasteiger partial charge is 0.328 e. The second-order valence-corrected chi connectivity index (χ2v) is 8.27. The first kappa shape index (κ1) is 19.4. The van der Waals surface area contributed by atoms with Crippen LogP contribution in [0, 0.1) is 5.92 Å². The molecule has 1 aliphatic rings. The fraction of sp³-hybridized carbons (Fsp3) is 0.625. The van der Waals surface area contributed by atoms with Crippen LogP contribution in [0.5, 0.6) is 0 Å². The van der Waals surface area contributed by atoms with Crippen LogP contribution in [-0.2, 0) is 9.84 Å². The Morgan fingerprint density at radius 3 is 2.05 bits per heavy atom. The van der Waals surface area contributed by atoms with Gasteiger partial charge in [-0.15, -0.1) is 12.4 Å². The van der Waals surface area contributed by atoms with Crippen LogP contribution in [0.2, 0.25) is 0 Å². The maximum absolute atomic E-state index is 11.5. The molecule has 1 heterocycles. The molecule has 0 amide bonds. The van der Waals surface area contributed by atoms with Crippen LogP contribution in [0.25, 0.3) is 0 Å². The number of halogens is 1. The van der Waals surface area contributed by atoms with Gasteiger partial charge in [-0.05, 0) is 63.4 Å². The summed E-state index contributed by atoms with van der Waals surface area (Å²) in [6, 6.07) is 7.85. The van der Waals surface area contributed by atoms with Gasteiger partial charge < -0.3 is 5.73 Å². The zero-order valence-corrected chi connectivity index (χ0v) is 15.2. The fourth-order valence-electron chi connectivity index (χ4n) is 3.04. The van der Waals surface area contributed by atoms with Crippen LogP contribution in [0.4, 0.5) is 0 Å². The van der Waals surface area contributed by atoms with Crippen molar-refractivity contribution in [3.8, 4) is 0 Å². The topological polar surface area (TPSA) is 63.4 Å². The van der Waals surface area contributed by atoms with Gasteiger partial charge in [-0.2, -0.15) is 0 Å². The maximum atomic E-state index is 11.5. The Bertz CT molecular complexity index is 564. The number of likely N-dealkylation sites (tertiary alicyclic amines) is 1. The molecule has 0 spiro atoms. The SMILES string of the molecule is CC(N)C1CCN(C(C)c2ccc(S(C)(=O)=O)cc2)CC1.Cl. The molecule has 22 heavy (non-hydrogen) atoms. The molecule has 0 aliphatic carbocycles. The third kappa shape index (κ3) is 4.69. The molecule has 2 unspecified atom stereocenters. The second-order valence-electron chi connectivity index (χ2n) is 6.25. The number of nitrogens with two attached hydrogens (primary N) is 1. The van der Waals surface area contributed by atoms with E-state index in [2.05, 4.69) is 18.7 Å². The van der Waals surface area contributed by atoms with Crippen molar-refractivity contribution in [1.82, 2.24) is 4.90 Å². The van der Waals surface area contributed by atoms with Gasteiger partial charge in [-0.25, -0.2) is 8.42 Å². The van der Waals surface area contributed by atoms with Gasteiger partial charge in [0.15, 0.2) is 9.84 Å². The van der Waals surface area contributed by atoms with Crippen molar-refractivity contribution >= 4 is 22.2 Å². The number of hydrogen-bond donors (Lipinski definition) is 1. The summed E-state index contributed by atoms with van der Waals surface area (Å²) in [6.45, 7) is 6.39. The standard InChI is InChI=1S/C16H26N2O2S.ClH/c1-12(17)14-8-10-18(11-9-14)13(2)15-4-6-16(7-5-15)21(3,19)20;/h4-7,12-14H,8-11,17H2,1-3H3;1H. The minimum absolute atomic E-state index is 0. The monoisotopic (exact) mass is 346 g/mol. The molecule has 1 aromatic rings. The summed E-state index contributed by atoms with van der Waals surface area (Å²) in [5.74, 6) is 0.626. The molecule has 1 aromatic carbocycles. The third-order valence-electron chi connectivity index (χ3n) is 4.66. The van der Waals surface area contributed by atoms with E-state index in [1.165, 1.54) is 11.8 Å². The van der Waals surface area contributed by atoms with E-state index in [1.54, 1.807) is 12.1 Å². The van der Waals surface area contributed by atoms with E-state index in [0.717, 1.165) is 25.9 Å². The molecule has 2 N–H and O–H groups in total. The number of nitrogens with zero attached hydrogens (tertiary/aromatic N) is 1. The average Bonchev–Trinajstić information content (AvgIpc) is 2.46. The summed E-state index contributed by atoms with van der Waals surface area (Å²) < 4.78 is 23.0. The molecular formula is C16H27ClN2O2S. The second kappa shape index (κ2) is 7.77. The summed E-state index contributed by atoms with van der Waals surface area (Å²) >= 11 is 0. The molecular weight excluding hydrogens is 320 g/mol. The van der Waals surface area contributed by atoms with E-state index in [4.69, 9.17) is 5.73 Å². The lowest BCUT2D eigenvalue weighted by molar-refractivity contribution is 0.132. The van der Waals surface area contributed by atoms with E-state index < -0.39 is 9.84 Å². The number of benzene rings is 1. The van der Waals surface area contributed by atoms with E-state index in [9.17, 15) is 8.42 Å². The molecule has 6 heteroatoms. The summed E-state index contributed by atoms with van der Waals surface area (Å²) in [7, 11) is -3.11. The summed E-state index contributed by atoms with van der Waals surface area (Å²) in [5.41, 5.74) is 7.15. The van der Waals surface area contributed by atoms with Crippen molar-refractivity contribution in [2.45, 2.75) is 43.7 Å². The minimum atomic E-state index is -3.11. The maximum Gasteiger partial charge on any atom is 0.175 e. The van der Waals surface area contributed by atoms with Gasteiger partial charge in [0, 0.05) is 18.3 Å². The molecule has 1 saturated heterocycles. The van der Waals surface area contributed by atoms with E-state index >= 15 is 0 Å². The predicted molar refractivity (Wildman–Crippen MR) is 93.2 cm³/mol. The highest BCUT2D eigenvalue weighted by Crippen LogP contribution is 2.28. The Labute approximate surface area is 140 Å². The average molecular weight is 347 g/mol. The van der Waals surface area contributed by atoms with Gasteiger partial charge >= 0.3 is 0 Å². The van der Waals surface area contributed by atoms with Gasteiger partial charge in [0.05, 0.1) is 4.90 Å². The van der Waals surface area contributed by atoms with E-state index in [-0.39, 0.29) is 18.4 Å². The zero-order chi connectivity index (χ0) is 15.6. The third-order valence-corrected chi connectivity index (χ3v) is 5.78. The van der Waals surface area contributed by atoms with Gasteiger partial charge in [0.1, 0.15) is 0 Å². The van der Waals surface area contributed by atoms with Crippen molar-refractivity contribution in [2.75, 3.05) is 19.3 Å². The Morgan fingerprint density at radius 1 is 1.14 bits per heavy atom. The molecule has 126 valence electrons. The summed E-state index contributed by atoms with van der Waals surface area (Å²) in [4.78, 5) is 2.84. The van der Waals surface area contributed by atoms with E-state index in [1.807, 2.05) is 12.1 Å². The van der Waals surface area contributed by atoms with Crippen LogP contribution in [0.1, 0.15) is 38.3 Å².